The van der Waals surface area contributed by atoms with Gasteiger partial charge in [0.15, 0.2) is 11.5 Å². The Kier molecular flexibility index (Phi) is 5.31. The Morgan fingerprint density at radius 3 is 2.44 bits per heavy atom. The minimum absolute atomic E-state index is 0.0920. The van der Waals surface area contributed by atoms with E-state index in [-0.39, 0.29) is 24.6 Å². The van der Waals surface area contributed by atoms with Crippen LogP contribution >= 0.6 is 0 Å². The minimum Gasteiger partial charge on any atom is -0.497 e. The number of amides is 1. The number of β-lactam (4-membered cyclic amide) rings is 1. The van der Waals surface area contributed by atoms with Crippen LogP contribution in [-0.4, -0.2) is 37.4 Å². The number of rotatable bonds is 7. The second-order valence-corrected chi connectivity index (χ2v) is 7.68. The van der Waals surface area contributed by atoms with E-state index in [1.165, 1.54) is 12.1 Å². The van der Waals surface area contributed by atoms with Gasteiger partial charge in [0.1, 0.15) is 23.4 Å². The summed E-state index contributed by atoms with van der Waals surface area (Å²) in [4.78, 5) is 14.8. The highest BCUT2D eigenvalue weighted by Crippen LogP contribution is 2.42. The van der Waals surface area contributed by atoms with Crippen molar-refractivity contribution >= 4 is 5.91 Å². The predicted molar refractivity (Wildman–Crippen MR) is 115 cm³/mol. The predicted octanol–water partition coefficient (Wildman–Crippen LogP) is 4.14. The average molecular weight is 435 g/mol. The van der Waals surface area contributed by atoms with Crippen molar-refractivity contribution in [3.05, 3.63) is 83.7 Å². The maximum absolute atomic E-state index is 13.2. The number of hydrogen-bond acceptors (Lipinski definition) is 5. The Labute approximate surface area is 185 Å². The highest BCUT2D eigenvalue weighted by atomic mass is 19.1. The molecule has 2 atom stereocenters. The summed E-state index contributed by atoms with van der Waals surface area (Å²) in [5, 5.41) is 0. The third-order valence-electron chi connectivity index (χ3n) is 5.76. The number of hydrogen-bond donors (Lipinski definition) is 0. The summed E-state index contributed by atoms with van der Waals surface area (Å²) in [6.07, 6.45) is -0.0421. The van der Waals surface area contributed by atoms with E-state index in [2.05, 4.69) is 0 Å². The van der Waals surface area contributed by atoms with Crippen molar-refractivity contribution in [1.82, 2.24) is 4.90 Å². The molecule has 0 radical (unpaired) electrons. The van der Waals surface area contributed by atoms with Gasteiger partial charge in [-0.25, -0.2) is 4.39 Å². The van der Waals surface area contributed by atoms with E-state index in [0.29, 0.717) is 36.0 Å². The molecule has 0 unspecified atom stereocenters. The molecule has 0 aliphatic carbocycles. The van der Waals surface area contributed by atoms with Gasteiger partial charge in [-0.15, -0.1) is 0 Å². The molecule has 6 nitrogen and oxygen atoms in total. The number of benzene rings is 3. The lowest BCUT2D eigenvalue weighted by Gasteiger charge is -2.47. The van der Waals surface area contributed by atoms with Crippen molar-refractivity contribution in [2.75, 3.05) is 20.4 Å². The molecule has 164 valence electrons. The highest BCUT2D eigenvalue weighted by Gasteiger charge is 2.50. The van der Waals surface area contributed by atoms with E-state index in [1.807, 2.05) is 18.2 Å². The van der Waals surface area contributed by atoms with Gasteiger partial charge in [0.25, 0.3) is 5.91 Å². The molecular weight excluding hydrogens is 413 g/mol. The number of methoxy groups -OCH3 is 1. The van der Waals surface area contributed by atoms with Crippen molar-refractivity contribution in [3.8, 4) is 23.0 Å². The molecule has 1 fully saturated rings. The van der Waals surface area contributed by atoms with Crippen LogP contribution in [0.15, 0.2) is 66.7 Å². The summed E-state index contributed by atoms with van der Waals surface area (Å²) in [5.41, 5.74) is 1.87. The second kappa shape index (κ2) is 8.42. The molecule has 0 bridgehead atoms. The van der Waals surface area contributed by atoms with Crippen molar-refractivity contribution in [2.45, 2.75) is 18.6 Å². The first-order chi connectivity index (χ1) is 15.6. The summed E-state index contributed by atoms with van der Waals surface area (Å²) in [6, 6.07) is 18.9. The van der Waals surface area contributed by atoms with Crippen molar-refractivity contribution < 1.29 is 28.1 Å². The van der Waals surface area contributed by atoms with Crippen LogP contribution in [0.3, 0.4) is 0 Å². The molecule has 5 rings (SSSR count). The maximum atomic E-state index is 13.2. The SMILES string of the molecule is COc1ccc(O[C@H]2C(=O)N(CCc3ccc(F)cc3)[C@H]2c2ccc3c(c2)OCO3)cc1. The highest BCUT2D eigenvalue weighted by molar-refractivity contribution is 5.89. The molecular formula is C25H22FNO5. The zero-order chi connectivity index (χ0) is 22.1. The third kappa shape index (κ3) is 3.82. The van der Waals surface area contributed by atoms with E-state index in [9.17, 15) is 9.18 Å². The van der Waals surface area contributed by atoms with Crippen molar-refractivity contribution in [1.29, 1.82) is 0 Å². The molecule has 3 aromatic rings. The van der Waals surface area contributed by atoms with Crippen molar-refractivity contribution in [2.24, 2.45) is 0 Å². The van der Waals surface area contributed by atoms with Gasteiger partial charge in [-0.1, -0.05) is 18.2 Å². The number of fused-ring (bicyclic) bond motifs is 1. The first-order valence-corrected chi connectivity index (χ1v) is 10.4. The van der Waals surface area contributed by atoms with Gasteiger partial charge in [-0.05, 0) is 66.1 Å². The quantitative estimate of drug-likeness (QED) is 0.522. The smallest absolute Gasteiger partial charge is 0.266 e. The molecule has 1 saturated heterocycles. The summed E-state index contributed by atoms with van der Waals surface area (Å²) in [6.45, 7) is 0.675. The standard InChI is InChI=1S/C25H22FNO5/c1-29-19-7-9-20(10-8-19)32-24-23(17-4-11-21-22(14-17)31-15-30-21)27(25(24)28)13-12-16-2-5-18(26)6-3-16/h2-11,14,23-24H,12-13,15H2,1H3/t23-,24+/m0/s1. The van der Waals surface area contributed by atoms with Crippen molar-refractivity contribution in [3.63, 3.8) is 0 Å². The fourth-order valence-corrected chi connectivity index (χ4v) is 4.03. The van der Waals surface area contributed by atoms with Gasteiger partial charge in [0.05, 0.1) is 7.11 Å². The minimum atomic E-state index is -0.656. The Balaban J connectivity index is 1.38. The molecule has 0 saturated carbocycles. The molecule has 3 aromatic carbocycles. The first-order valence-electron chi connectivity index (χ1n) is 10.4. The van der Waals surface area contributed by atoms with Crippen LogP contribution in [0, 0.1) is 5.82 Å². The van der Waals surface area contributed by atoms with Gasteiger partial charge in [-0.3, -0.25) is 4.79 Å². The Morgan fingerprint density at radius 1 is 0.969 bits per heavy atom. The lowest BCUT2D eigenvalue weighted by atomic mass is 9.89. The maximum Gasteiger partial charge on any atom is 0.266 e. The van der Waals surface area contributed by atoms with Crippen LogP contribution in [0.2, 0.25) is 0 Å². The van der Waals surface area contributed by atoms with E-state index < -0.39 is 6.10 Å². The lowest BCUT2D eigenvalue weighted by molar-refractivity contribution is -0.164. The van der Waals surface area contributed by atoms with E-state index >= 15 is 0 Å². The third-order valence-corrected chi connectivity index (χ3v) is 5.76. The normalized spacial score (nSPS) is 18.9. The van der Waals surface area contributed by atoms with Gasteiger partial charge in [-0.2, -0.15) is 0 Å². The summed E-state index contributed by atoms with van der Waals surface area (Å²) in [5.74, 6) is 2.28. The van der Waals surface area contributed by atoms with E-state index in [1.54, 1.807) is 48.4 Å². The molecule has 1 amide bonds. The number of carbonyl (C=O) groups excluding carboxylic acids is 1. The number of ether oxygens (including phenoxy) is 4. The van der Waals surface area contributed by atoms with Gasteiger partial charge in [0, 0.05) is 6.54 Å². The lowest BCUT2D eigenvalue weighted by Crippen LogP contribution is -2.61. The Hall–Kier alpha value is -3.74. The number of likely N-dealkylation sites (tertiary alicyclic amines) is 1. The molecule has 2 aliphatic heterocycles. The van der Waals surface area contributed by atoms with Crippen LogP contribution in [0.4, 0.5) is 4.39 Å². The first kappa shape index (κ1) is 20.2. The molecule has 2 aliphatic rings. The largest absolute Gasteiger partial charge is 0.497 e. The van der Waals surface area contributed by atoms with Crippen LogP contribution in [0.25, 0.3) is 0 Å². The number of carbonyl (C=O) groups is 1. The fraction of sp³-hybridized carbons (Fsp3) is 0.240. The number of nitrogens with zero attached hydrogens (tertiary/aromatic N) is 1. The summed E-state index contributed by atoms with van der Waals surface area (Å²) in [7, 11) is 1.60. The Morgan fingerprint density at radius 2 is 1.69 bits per heavy atom. The van der Waals surface area contributed by atoms with Crippen LogP contribution in [0.1, 0.15) is 17.2 Å². The average Bonchev–Trinajstić information content (AvgIpc) is 3.29. The fourth-order valence-electron chi connectivity index (χ4n) is 4.03. The van der Waals surface area contributed by atoms with Gasteiger partial charge < -0.3 is 23.8 Å². The van der Waals surface area contributed by atoms with Crippen LogP contribution < -0.4 is 18.9 Å². The monoisotopic (exact) mass is 435 g/mol. The molecule has 2 heterocycles. The van der Waals surface area contributed by atoms with Crippen LogP contribution in [-0.2, 0) is 11.2 Å². The summed E-state index contributed by atoms with van der Waals surface area (Å²) >= 11 is 0. The second-order valence-electron chi connectivity index (χ2n) is 7.68. The Bertz CT molecular complexity index is 1120. The van der Waals surface area contributed by atoms with E-state index in [0.717, 1.165) is 11.1 Å². The summed E-state index contributed by atoms with van der Waals surface area (Å²) < 4.78 is 35.4. The molecule has 32 heavy (non-hydrogen) atoms. The number of halogens is 1. The van der Waals surface area contributed by atoms with Crippen LogP contribution in [0.5, 0.6) is 23.0 Å². The van der Waals surface area contributed by atoms with Gasteiger partial charge in [0.2, 0.25) is 12.9 Å². The topological polar surface area (TPSA) is 57.2 Å². The van der Waals surface area contributed by atoms with Gasteiger partial charge >= 0.3 is 0 Å². The molecule has 0 N–H and O–H groups in total. The molecule has 7 heteroatoms. The zero-order valence-electron chi connectivity index (χ0n) is 17.5. The molecule has 0 aromatic heterocycles. The molecule has 0 spiro atoms. The zero-order valence-corrected chi connectivity index (χ0v) is 17.5. The van der Waals surface area contributed by atoms with E-state index in [4.69, 9.17) is 18.9 Å².